The number of anilines is 1. The Hall–Kier alpha value is -2.88. The molecular formula is C14H16N6O. The summed E-state index contributed by atoms with van der Waals surface area (Å²) in [5.41, 5.74) is 1.05. The maximum atomic E-state index is 9.11. The van der Waals surface area contributed by atoms with Crippen LogP contribution in [0.15, 0.2) is 30.5 Å². The largest absolute Gasteiger partial charge is 0.491 e. The van der Waals surface area contributed by atoms with Gasteiger partial charge in [-0.1, -0.05) is 26.0 Å². The molecule has 0 saturated carbocycles. The van der Waals surface area contributed by atoms with Gasteiger partial charge in [-0.3, -0.25) is 0 Å². The molecule has 1 aromatic heterocycles. The van der Waals surface area contributed by atoms with Crippen LogP contribution >= 0.6 is 0 Å². The summed E-state index contributed by atoms with van der Waals surface area (Å²) in [6.07, 6.45) is 1.53. The van der Waals surface area contributed by atoms with E-state index in [1.165, 1.54) is 6.20 Å². The van der Waals surface area contributed by atoms with Crippen LogP contribution in [0.5, 0.6) is 5.75 Å². The van der Waals surface area contributed by atoms with Crippen molar-refractivity contribution in [2.24, 2.45) is 5.92 Å². The summed E-state index contributed by atoms with van der Waals surface area (Å²) in [7, 11) is 0. The zero-order chi connectivity index (χ0) is 15.1. The monoisotopic (exact) mass is 284 g/mol. The molecule has 1 heterocycles. The standard InChI is InChI=1S/C14H16N6O/c1-10(2)9-21-13-6-4-3-5-12(13)16-8-11(7-15)14-17-19-20-18-14/h3-6,8,10,16H,9H2,1-2H3,(H,17,18,19,20). The molecule has 0 unspecified atom stereocenters. The predicted molar refractivity (Wildman–Crippen MR) is 78.2 cm³/mol. The van der Waals surface area contributed by atoms with E-state index in [1.54, 1.807) is 0 Å². The summed E-state index contributed by atoms with van der Waals surface area (Å²) in [4.78, 5) is 0. The first-order valence-electron chi connectivity index (χ1n) is 6.53. The molecule has 0 atom stereocenters. The third kappa shape index (κ3) is 4.04. The van der Waals surface area contributed by atoms with E-state index >= 15 is 0 Å². The summed E-state index contributed by atoms with van der Waals surface area (Å²) in [6, 6.07) is 9.55. The number of ether oxygens (including phenoxy) is 1. The minimum absolute atomic E-state index is 0.241. The predicted octanol–water partition coefficient (Wildman–Crippen LogP) is 2.21. The number of hydrogen-bond donors (Lipinski definition) is 2. The van der Waals surface area contributed by atoms with E-state index in [1.807, 2.05) is 30.3 Å². The number of aromatic nitrogens is 4. The number of aromatic amines is 1. The van der Waals surface area contributed by atoms with Gasteiger partial charge in [0.15, 0.2) is 0 Å². The van der Waals surface area contributed by atoms with Crippen molar-refractivity contribution in [2.75, 3.05) is 11.9 Å². The van der Waals surface area contributed by atoms with E-state index in [0.29, 0.717) is 12.5 Å². The van der Waals surface area contributed by atoms with Gasteiger partial charge in [0.25, 0.3) is 0 Å². The van der Waals surface area contributed by atoms with Gasteiger partial charge in [-0.15, -0.1) is 10.2 Å². The molecule has 0 bridgehead atoms. The molecule has 2 N–H and O–H groups in total. The lowest BCUT2D eigenvalue weighted by Gasteiger charge is -2.12. The zero-order valence-electron chi connectivity index (χ0n) is 11.9. The molecule has 0 aliphatic rings. The molecular weight excluding hydrogens is 268 g/mol. The van der Waals surface area contributed by atoms with Crippen molar-refractivity contribution >= 4 is 11.3 Å². The maximum absolute atomic E-state index is 9.11. The second-order valence-electron chi connectivity index (χ2n) is 4.75. The van der Waals surface area contributed by atoms with Crippen molar-refractivity contribution in [2.45, 2.75) is 13.8 Å². The average molecular weight is 284 g/mol. The Labute approximate surface area is 122 Å². The van der Waals surface area contributed by atoms with Gasteiger partial charge < -0.3 is 10.1 Å². The van der Waals surface area contributed by atoms with Crippen LogP contribution in [0.2, 0.25) is 0 Å². The molecule has 0 spiro atoms. The number of H-pyrrole nitrogens is 1. The number of tetrazole rings is 1. The van der Waals surface area contributed by atoms with Crippen LogP contribution in [-0.2, 0) is 0 Å². The normalized spacial score (nSPS) is 11.2. The van der Waals surface area contributed by atoms with E-state index < -0.39 is 0 Å². The van der Waals surface area contributed by atoms with Crippen molar-refractivity contribution in [3.8, 4) is 11.8 Å². The van der Waals surface area contributed by atoms with E-state index in [2.05, 4.69) is 39.8 Å². The highest BCUT2D eigenvalue weighted by molar-refractivity contribution is 5.74. The van der Waals surface area contributed by atoms with Gasteiger partial charge in [0.2, 0.25) is 5.82 Å². The molecule has 21 heavy (non-hydrogen) atoms. The Morgan fingerprint density at radius 3 is 2.95 bits per heavy atom. The third-order valence-corrected chi connectivity index (χ3v) is 2.54. The summed E-state index contributed by atoms with van der Waals surface area (Å²) in [5.74, 6) is 1.40. The van der Waals surface area contributed by atoms with Gasteiger partial charge in [0.1, 0.15) is 17.4 Å². The Kier molecular flexibility index (Phi) is 4.88. The number of benzene rings is 1. The van der Waals surface area contributed by atoms with E-state index in [-0.39, 0.29) is 11.4 Å². The van der Waals surface area contributed by atoms with Crippen molar-refractivity contribution < 1.29 is 4.74 Å². The number of rotatable bonds is 6. The minimum atomic E-state index is 0.241. The SMILES string of the molecule is CC(C)COc1ccccc1NC=C(C#N)c1nn[nH]n1. The van der Waals surface area contributed by atoms with E-state index in [4.69, 9.17) is 10.00 Å². The smallest absolute Gasteiger partial charge is 0.216 e. The fourth-order valence-corrected chi connectivity index (χ4v) is 1.54. The summed E-state index contributed by atoms with van der Waals surface area (Å²) >= 11 is 0. The Balaban J connectivity index is 2.14. The molecule has 2 rings (SSSR count). The highest BCUT2D eigenvalue weighted by atomic mass is 16.5. The van der Waals surface area contributed by atoms with E-state index in [9.17, 15) is 0 Å². The maximum Gasteiger partial charge on any atom is 0.216 e. The van der Waals surface area contributed by atoms with Crippen LogP contribution in [0.3, 0.4) is 0 Å². The topological polar surface area (TPSA) is 99.5 Å². The Bertz CT molecular complexity index is 642. The van der Waals surface area contributed by atoms with E-state index in [0.717, 1.165) is 11.4 Å². The Morgan fingerprint density at radius 1 is 1.48 bits per heavy atom. The molecule has 0 radical (unpaired) electrons. The molecule has 1 aromatic carbocycles. The molecule has 108 valence electrons. The summed E-state index contributed by atoms with van der Waals surface area (Å²) in [6.45, 7) is 4.79. The minimum Gasteiger partial charge on any atom is -0.491 e. The van der Waals surface area contributed by atoms with Crippen LogP contribution in [0.4, 0.5) is 5.69 Å². The second kappa shape index (κ2) is 7.05. The molecule has 0 aliphatic carbocycles. The second-order valence-corrected chi connectivity index (χ2v) is 4.75. The average Bonchev–Trinajstić information content (AvgIpc) is 3.01. The quantitative estimate of drug-likeness (QED) is 0.789. The fraction of sp³-hybridized carbons (Fsp3) is 0.286. The van der Waals surface area contributed by atoms with Gasteiger partial charge in [-0.2, -0.15) is 10.5 Å². The molecule has 0 saturated heterocycles. The van der Waals surface area contributed by atoms with Gasteiger partial charge in [0.05, 0.1) is 12.3 Å². The molecule has 0 aliphatic heterocycles. The fourth-order valence-electron chi connectivity index (χ4n) is 1.54. The lowest BCUT2D eigenvalue weighted by atomic mass is 10.2. The molecule has 7 nitrogen and oxygen atoms in total. The molecule has 0 fully saturated rings. The van der Waals surface area contributed by atoms with Crippen LogP contribution in [0, 0.1) is 17.2 Å². The number of nitrogens with one attached hydrogen (secondary N) is 2. The van der Waals surface area contributed by atoms with Gasteiger partial charge in [0, 0.05) is 6.20 Å². The Morgan fingerprint density at radius 2 is 2.29 bits per heavy atom. The van der Waals surface area contributed by atoms with Crippen molar-refractivity contribution in [1.82, 2.24) is 20.6 Å². The van der Waals surface area contributed by atoms with Crippen molar-refractivity contribution in [3.63, 3.8) is 0 Å². The van der Waals surface area contributed by atoms with Gasteiger partial charge in [-0.05, 0) is 23.3 Å². The summed E-state index contributed by atoms with van der Waals surface area (Å²) < 4.78 is 5.73. The number of nitrogens with zero attached hydrogens (tertiary/aromatic N) is 4. The van der Waals surface area contributed by atoms with Crippen molar-refractivity contribution in [1.29, 1.82) is 5.26 Å². The van der Waals surface area contributed by atoms with Gasteiger partial charge >= 0.3 is 0 Å². The van der Waals surface area contributed by atoms with Gasteiger partial charge in [-0.25, -0.2) is 0 Å². The zero-order valence-corrected chi connectivity index (χ0v) is 11.9. The number of hydrogen-bond acceptors (Lipinski definition) is 6. The first-order valence-corrected chi connectivity index (χ1v) is 6.53. The molecule has 0 amide bonds. The number of nitriles is 1. The highest BCUT2D eigenvalue weighted by Crippen LogP contribution is 2.24. The van der Waals surface area contributed by atoms with Crippen LogP contribution in [0.1, 0.15) is 19.7 Å². The highest BCUT2D eigenvalue weighted by Gasteiger charge is 2.07. The van der Waals surface area contributed by atoms with Crippen molar-refractivity contribution in [3.05, 3.63) is 36.3 Å². The molecule has 2 aromatic rings. The summed E-state index contributed by atoms with van der Waals surface area (Å²) in [5, 5.41) is 25.4. The third-order valence-electron chi connectivity index (χ3n) is 2.54. The lowest BCUT2D eigenvalue weighted by Crippen LogP contribution is -2.06. The van der Waals surface area contributed by atoms with Crippen LogP contribution < -0.4 is 10.1 Å². The number of allylic oxidation sites excluding steroid dienone is 1. The molecule has 7 heteroatoms. The van der Waals surface area contributed by atoms with Crippen LogP contribution in [-0.4, -0.2) is 27.2 Å². The lowest BCUT2D eigenvalue weighted by molar-refractivity contribution is 0.272. The number of para-hydroxylation sites is 2. The first kappa shape index (κ1) is 14.5. The van der Waals surface area contributed by atoms with Crippen LogP contribution in [0.25, 0.3) is 5.57 Å². The first-order chi connectivity index (χ1) is 10.2.